The van der Waals surface area contributed by atoms with Crippen molar-refractivity contribution in [2.24, 2.45) is 0 Å². The second kappa shape index (κ2) is 7.16. The molecule has 0 saturated carbocycles. The molecular weight excluding hydrogens is 318 g/mol. The first-order valence-corrected chi connectivity index (χ1v) is 8.47. The molecule has 1 aliphatic heterocycles. The average Bonchev–Trinajstić information content (AvgIpc) is 3.27. The molecule has 0 radical (unpaired) electrons. The molecule has 0 bridgehead atoms. The zero-order valence-electron chi connectivity index (χ0n) is 14.2. The summed E-state index contributed by atoms with van der Waals surface area (Å²) in [6.07, 6.45) is 3.86. The van der Waals surface area contributed by atoms with Crippen molar-refractivity contribution in [1.29, 1.82) is 0 Å². The zero-order chi connectivity index (χ0) is 17.1. The second-order valence-electron chi connectivity index (χ2n) is 6.34. The smallest absolute Gasteiger partial charge is 0.257 e. The van der Waals surface area contributed by atoms with Crippen molar-refractivity contribution < 1.29 is 9.26 Å². The quantitative estimate of drug-likeness (QED) is 0.709. The minimum Gasteiger partial charge on any atom is -0.374 e. The first-order chi connectivity index (χ1) is 12.3. The topological polar surface area (TPSA) is 69.2 Å². The molecule has 1 aliphatic rings. The molecule has 25 heavy (non-hydrogen) atoms. The Balaban J connectivity index is 1.38. The van der Waals surface area contributed by atoms with E-state index in [2.05, 4.69) is 20.1 Å². The van der Waals surface area contributed by atoms with E-state index in [-0.39, 0.29) is 6.10 Å². The predicted octanol–water partition coefficient (Wildman–Crippen LogP) is 2.14. The van der Waals surface area contributed by atoms with E-state index in [4.69, 9.17) is 9.26 Å². The van der Waals surface area contributed by atoms with Crippen molar-refractivity contribution in [3.8, 4) is 11.5 Å². The van der Waals surface area contributed by atoms with Crippen LogP contribution in [-0.4, -0.2) is 50.6 Å². The maximum Gasteiger partial charge on any atom is 0.257 e. The van der Waals surface area contributed by atoms with E-state index in [0.717, 1.165) is 25.2 Å². The van der Waals surface area contributed by atoms with Crippen LogP contribution in [0.2, 0.25) is 0 Å². The maximum absolute atomic E-state index is 5.84. The summed E-state index contributed by atoms with van der Waals surface area (Å²) in [5, 5.41) is 8.37. The van der Waals surface area contributed by atoms with E-state index < -0.39 is 0 Å². The molecule has 0 spiro atoms. The molecule has 7 heteroatoms. The van der Waals surface area contributed by atoms with E-state index in [9.17, 15) is 0 Å². The number of aromatic nitrogens is 4. The van der Waals surface area contributed by atoms with Crippen LogP contribution in [0.15, 0.2) is 47.2 Å². The van der Waals surface area contributed by atoms with Gasteiger partial charge in [-0.2, -0.15) is 10.1 Å². The molecule has 0 aliphatic carbocycles. The molecule has 4 rings (SSSR count). The third-order valence-electron chi connectivity index (χ3n) is 4.27. The highest BCUT2D eigenvalue weighted by Gasteiger charge is 2.22. The number of hydrogen-bond acceptors (Lipinski definition) is 6. The van der Waals surface area contributed by atoms with Gasteiger partial charge in [0, 0.05) is 31.0 Å². The van der Waals surface area contributed by atoms with Gasteiger partial charge in [0.2, 0.25) is 0 Å². The SMILES string of the molecule is Cc1cccc(-c2nc(CN3CCOC(Cn4cccn4)C3)no2)c1. The minimum atomic E-state index is 0.122. The van der Waals surface area contributed by atoms with Crippen molar-refractivity contribution in [3.05, 3.63) is 54.1 Å². The number of hydrogen-bond donors (Lipinski definition) is 0. The van der Waals surface area contributed by atoms with E-state index in [1.807, 2.05) is 48.1 Å². The summed E-state index contributed by atoms with van der Waals surface area (Å²) in [6.45, 7) is 5.86. The van der Waals surface area contributed by atoms with Crippen LogP contribution in [0.1, 0.15) is 11.4 Å². The molecule has 1 saturated heterocycles. The Morgan fingerprint density at radius 3 is 3.08 bits per heavy atom. The Hall–Kier alpha value is -2.51. The molecule has 0 amide bonds. The molecule has 1 atom stereocenters. The lowest BCUT2D eigenvalue weighted by Gasteiger charge is -2.31. The Kier molecular flexibility index (Phi) is 4.58. The summed E-state index contributed by atoms with van der Waals surface area (Å²) < 4.78 is 13.2. The molecule has 7 nitrogen and oxygen atoms in total. The molecule has 3 heterocycles. The molecule has 130 valence electrons. The van der Waals surface area contributed by atoms with Crippen LogP contribution in [0.5, 0.6) is 0 Å². The normalized spacial score (nSPS) is 18.5. The lowest BCUT2D eigenvalue weighted by molar-refractivity contribution is -0.0410. The van der Waals surface area contributed by atoms with Gasteiger partial charge >= 0.3 is 0 Å². The fraction of sp³-hybridized carbons (Fsp3) is 0.389. The van der Waals surface area contributed by atoms with Crippen LogP contribution in [0, 0.1) is 6.92 Å². The number of ether oxygens (including phenoxy) is 1. The van der Waals surface area contributed by atoms with Gasteiger partial charge in [-0.15, -0.1) is 0 Å². The lowest BCUT2D eigenvalue weighted by Crippen LogP contribution is -2.43. The Morgan fingerprint density at radius 2 is 2.24 bits per heavy atom. The third kappa shape index (κ3) is 3.94. The maximum atomic E-state index is 5.84. The molecule has 1 unspecified atom stereocenters. The van der Waals surface area contributed by atoms with Crippen LogP contribution >= 0.6 is 0 Å². The van der Waals surface area contributed by atoms with Gasteiger partial charge in [-0.3, -0.25) is 9.58 Å². The fourth-order valence-electron chi connectivity index (χ4n) is 3.07. The Morgan fingerprint density at radius 1 is 1.28 bits per heavy atom. The molecule has 1 aromatic carbocycles. The Labute approximate surface area is 146 Å². The van der Waals surface area contributed by atoms with Crippen LogP contribution in [0.4, 0.5) is 0 Å². The first kappa shape index (κ1) is 16.0. The highest BCUT2D eigenvalue weighted by molar-refractivity contribution is 5.53. The summed E-state index contributed by atoms with van der Waals surface area (Å²) >= 11 is 0. The van der Waals surface area contributed by atoms with E-state index >= 15 is 0 Å². The van der Waals surface area contributed by atoms with E-state index in [1.54, 1.807) is 6.20 Å². The molecule has 1 fully saturated rings. The molecule has 0 N–H and O–H groups in total. The lowest BCUT2D eigenvalue weighted by atomic mass is 10.1. The monoisotopic (exact) mass is 339 g/mol. The fourth-order valence-corrected chi connectivity index (χ4v) is 3.07. The van der Waals surface area contributed by atoms with Gasteiger partial charge in [-0.05, 0) is 25.1 Å². The highest BCUT2D eigenvalue weighted by atomic mass is 16.5. The summed E-state index contributed by atoms with van der Waals surface area (Å²) in [4.78, 5) is 6.83. The largest absolute Gasteiger partial charge is 0.374 e. The van der Waals surface area contributed by atoms with Gasteiger partial charge in [0.1, 0.15) is 0 Å². The van der Waals surface area contributed by atoms with Crippen LogP contribution < -0.4 is 0 Å². The van der Waals surface area contributed by atoms with Gasteiger partial charge in [-0.1, -0.05) is 22.9 Å². The number of morpholine rings is 1. The van der Waals surface area contributed by atoms with Gasteiger partial charge in [0.15, 0.2) is 5.82 Å². The number of aryl methyl sites for hydroxylation is 1. The zero-order valence-corrected chi connectivity index (χ0v) is 14.2. The highest BCUT2D eigenvalue weighted by Crippen LogP contribution is 2.19. The Bertz CT molecular complexity index is 815. The average molecular weight is 339 g/mol. The third-order valence-corrected chi connectivity index (χ3v) is 4.27. The standard InChI is InChI=1S/C18H21N5O2/c1-14-4-2-5-15(10-14)18-20-17(21-25-18)13-22-8-9-24-16(11-22)12-23-7-3-6-19-23/h2-7,10,16H,8-9,11-13H2,1H3. The summed E-state index contributed by atoms with van der Waals surface area (Å²) in [5.74, 6) is 1.27. The van der Waals surface area contributed by atoms with Crippen LogP contribution in [0.25, 0.3) is 11.5 Å². The molecule has 2 aromatic heterocycles. The van der Waals surface area contributed by atoms with Crippen molar-refractivity contribution in [2.75, 3.05) is 19.7 Å². The second-order valence-corrected chi connectivity index (χ2v) is 6.34. The molecule has 3 aromatic rings. The van der Waals surface area contributed by atoms with Crippen molar-refractivity contribution in [3.63, 3.8) is 0 Å². The van der Waals surface area contributed by atoms with Crippen molar-refractivity contribution in [2.45, 2.75) is 26.1 Å². The van der Waals surface area contributed by atoms with Crippen LogP contribution in [0.3, 0.4) is 0 Å². The van der Waals surface area contributed by atoms with Crippen LogP contribution in [-0.2, 0) is 17.8 Å². The summed E-state index contributed by atoms with van der Waals surface area (Å²) in [7, 11) is 0. The van der Waals surface area contributed by atoms with Gasteiger partial charge in [-0.25, -0.2) is 0 Å². The van der Waals surface area contributed by atoms with Gasteiger partial charge < -0.3 is 9.26 Å². The summed E-state index contributed by atoms with van der Waals surface area (Å²) in [6, 6.07) is 10.0. The number of nitrogens with zero attached hydrogens (tertiary/aromatic N) is 5. The number of benzene rings is 1. The summed E-state index contributed by atoms with van der Waals surface area (Å²) in [5.41, 5.74) is 2.13. The number of rotatable bonds is 5. The predicted molar refractivity (Wildman–Crippen MR) is 91.7 cm³/mol. The van der Waals surface area contributed by atoms with Crippen molar-refractivity contribution >= 4 is 0 Å². The van der Waals surface area contributed by atoms with Crippen molar-refractivity contribution in [1.82, 2.24) is 24.8 Å². The minimum absolute atomic E-state index is 0.122. The van der Waals surface area contributed by atoms with E-state index in [0.29, 0.717) is 24.9 Å². The van der Waals surface area contributed by atoms with Gasteiger partial charge in [0.25, 0.3) is 5.89 Å². The molecular formula is C18H21N5O2. The van der Waals surface area contributed by atoms with E-state index in [1.165, 1.54) is 5.56 Å². The van der Waals surface area contributed by atoms with Gasteiger partial charge in [0.05, 0.1) is 25.8 Å². The first-order valence-electron chi connectivity index (χ1n) is 8.47.